The molecule has 0 radical (unpaired) electrons. The van der Waals surface area contributed by atoms with Crippen LogP contribution in [-0.4, -0.2) is 46.3 Å². The van der Waals surface area contributed by atoms with Gasteiger partial charge in [0, 0.05) is 26.0 Å². The number of carbonyl (C=O) groups excluding carboxylic acids is 1. The van der Waals surface area contributed by atoms with E-state index < -0.39 is 33.4 Å². The number of benzene rings is 1. The number of sulfonamides is 1. The number of halogens is 3. The molecule has 10 heteroatoms. The minimum Gasteiger partial charge on any atom is -0.493 e. The van der Waals surface area contributed by atoms with Crippen molar-refractivity contribution in [2.45, 2.75) is 50.4 Å². The third-order valence-electron chi connectivity index (χ3n) is 5.48. The minimum absolute atomic E-state index is 0.0337. The molecule has 1 aromatic carbocycles. The zero-order chi connectivity index (χ0) is 21.9. The van der Waals surface area contributed by atoms with Crippen molar-refractivity contribution in [2.75, 3.05) is 26.1 Å². The van der Waals surface area contributed by atoms with E-state index in [1.165, 1.54) is 13.2 Å². The lowest BCUT2D eigenvalue weighted by molar-refractivity contribution is -0.0499. The van der Waals surface area contributed by atoms with Crippen LogP contribution in [0, 0.1) is 11.7 Å². The molecule has 2 saturated carbocycles. The number of alkyl halides is 2. The SMILES string of the molecule is COCCS(=O)(=O)NC(=O)c1cc(C2CC2)c(OCC2CCC(F)(F)CC2)cc1F. The summed E-state index contributed by atoms with van der Waals surface area (Å²) in [5, 5.41) is 0. The molecule has 0 aromatic heterocycles. The van der Waals surface area contributed by atoms with Gasteiger partial charge < -0.3 is 9.47 Å². The van der Waals surface area contributed by atoms with Gasteiger partial charge in [-0.1, -0.05) is 0 Å². The summed E-state index contributed by atoms with van der Waals surface area (Å²) >= 11 is 0. The number of carbonyl (C=O) groups is 1. The molecule has 2 aliphatic rings. The molecule has 168 valence electrons. The topological polar surface area (TPSA) is 81.7 Å². The molecule has 3 rings (SSSR count). The Balaban J connectivity index is 1.71. The highest BCUT2D eigenvalue weighted by Crippen LogP contribution is 2.45. The molecule has 0 heterocycles. The van der Waals surface area contributed by atoms with Gasteiger partial charge in [-0.2, -0.15) is 0 Å². The number of nitrogens with one attached hydrogen (secondary N) is 1. The van der Waals surface area contributed by atoms with Crippen molar-refractivity contribution in [2.24, 2.45) is 5.92 Å². The first-order chi connectivity index (χ1) is 14.1. The van der Waals surface area contributed by atoms with Crippen molar-refractivity contribution in [1.82, 2.24) is 4.72 Å². The average molecular weight is 449 g/mol. The zero-order valence-electron chi connectivity index (χ0n) is 16.8. The number of rotatable bonds is 9. The molecule has 1 amide bonds. The van der Waals surface area contributed by atoms with Gasteiger partial charge in [0.2, 0.25) is 15.9 Å². The Morgan fingerprint density at radius 2 is 1.87 bits per heavy atom. The molecule has 6 nitrogen and oxygen atoms in total. The number of hydrogen-bond donors (Lipinski definition) is 1. The van der Waals surface area contributed by atoms with E-state index in [1.54, 1.807) is 0 Å². The van der Waals surface area contributed by atoms with Gasteiger partial charge in [-0.25, -0.2) is 26.3 Å². The van der Waals surface area contributed by atoms with E-state index in [4.69, 9.17) is 4.74 Å². The van der Waals surface area contributed by atoms with Crippen molar-refractivity contribution >= 4 is 15.9 Å². The Morgan fingerprint density at radius 1 is 1.20 bits per heavy atom. The number of amides is 1. The maximum atomic E-state index is 14.6. The number of ether oxygens (including phenoxy) is 2. The molecule has 0 spiro atoms. The zero-order valence-corrected chi connectivity index (χ0v) is 17.6. The van der Waals surface area contributed by atoms with Crippen LogP contribution in [0.5, 0.6) is 5.75 Å². The second-order valence-electron chi connectivity index (χ2n) is 8.00. The summed E-state index contributed by atoms with van der Waals surface area (Å²) in [5.41, 5.74) is 0.263. The Bertz CT molecular complexity index is 877. The predicted octanol–water partition coefficient (Wildman–Crippen LogP) is 3.61. The van der Waals surface area contributed by atoms with E-state index in [0.717, 1.165) is 18.9 Å². The fourth-order valence-corrected chi connectivity index (χ4v) is 4.38. The summed E-state index contributed by atoms with van der Waals surface area (Å²) in [6.45, 7) is 0.102. The van der Waals surface area contributed by atoms with Gasteiger partial charge >= 0.3 is 0 Å². The van der Waals surface area contributed by atoms with Crippen LogP contribution in [0.3, 0.4) is 0 Å². The van der Waals surface area contributed by atoms with Crippen LogP contribution in [0.2, 0.25) is 0 Å². The monoisotopic (exact) mass is 449 g/mol. The van der Waals surface area contributed by atoms with E-state index in [9.17, 15) is 26.4 Å². The van der Waals surface area contributed by atoms with Crippen molar-refractivity contribution in [3.8, 4) is 5.75 Å². The third kappa shape index (κ3) is 6.10. The molecule has 1 aromatic rings. The fourth-order valence-electron chi connectivity index (χ4n) is 3.50. The smallest absolute Gasteiger partial charge is 0.267 e. The highest BCUT2D eigenvalue weighted by molar-refractivity contribution is 7.90. The summed E-state index contributed by atoms with van der Waals surface area (Å²) in [6, 6.07) is 2.42. The molecule has 30 heavy (non-hydrogen) atoms. The quantitative estimate of drug-likeness (QED) is 0.623. The lowest BCUT2D eigenvalue weighted by atomic mass is 9.87. The van der Waals surface area contributed by atoms with E-state index in [1.807, 2.05) is 4.72 Å². The Kier molecular flexibility index (Phi) is 6.96. The molecule has 1 N–H and O–H groups in total. The first-order valence-corrected chi connectivity index (χ1v) is 11.6. The highest BCUT2D eigenvalue weighted by atomic mass is 32.2. The number of methoxy groups -OCH3 is 1. The Morgan fingerprint density at radius 3 is 2.47 bits per heavy atom. The lowest BCUT2D eigenvalue weighted by Crippen LogP contribution is -2.34. The normalized spacial score (nSPS) is 19.5. The molecule has 2 aliphatic carbocycles. The fraction of sp³-hybridized carbons (Fsp3) is 0.650. The Labute approximate surface area is 174 Å². The summed E-state index contributed by atoms with van der Waals surface area (Å²) in [4.78, 5) is 12.3. The third-order valence-corrected chi connectivity index (χ3v) is 6.68. The van der Waals surface area contributed by atoms with E-state index >= 15 is 0 Å². The standard InChI is InChI=1S/C20H26F3NO5S/c1-28-8-9-30(26,27)24-19(25)16-10-15(14-2-3-14)18(11-17(16)21)29-12-13-4-6-20(22,23)7-5-13/h10-11,13-14H,2-9,12H2,1H3,(H,24,25). The summed E-state index contributed by atoms with van der Waals surface area (Å²) in [5.74, 6) is -4.64. The van der Waals surface area contributed by atoms with Crippen molar-refractivity contribution in [1.29, 1.82) is 0 Å². The van der Waals surface area contributed by atoms with Crippen molar-refractivity contribution in [3.05, 3.63) is 29.1 Å². The largest absolute Gasteiger partial charge is 0.493 e. The first kappa shape index (κ1) is 22.9. The van der Waals surface area contributed by atoms with Gasteiger partial charge in [0.1, 0.15) is 11.6 Å². The first-order valence-electron chi connectivity index (χ1n) is 9.98. The molecular weight excluding hydrogens is 423 g/mol. The van der Waals surface area contributed by atoms with Crippen LogP contribution < -0.4 is 9.46 Å². The maximum Gasteiger partial charge on any atom is 0.267 e. The molecule has 0 atom stereocenters. The summed E-state index contributed by atoms with van der Waals surface area (Å²) in [6.07, 6.45) is 2.03. The predicted molar refractivity (Wildman–Crippen MR) is 104 cm³/mol. The van der Waals surface area contributed by atoms with Crippen LogP contribution in [0.4, 0.5) is 13.2 Å². The molecule has 0 bridgehead atoms. The summed E-state index contributed by atoms with van der Waals surface area (Å²) < 4.78 is 77.3. The lowest BCUT2D eigenvalue weighted by Gasteiger charge is -2.28. The average Bonchev–Trinajstić information content (AvgIpc) is 3.50. The highest BCUT2D eigenvalue weighted by Gasteiger charge is 2.35. The molecule has 2 fully saturated rings. The van der Waals surface area contributed by atoms with Crippen LogP contribution in [0.1, 0.15) is 60.4 Å². The van der Waals surface area contributed by atoms with Crippen LogP contribution >= 0.6 is 0 Å². The van der Waals surface area contributed by atoms with Gasteiger partial charge in [-0.05, 0) is 49.1 Å². The van der Waals surface area contributed by atoms with E-state index in [2.05, 4.69) is 4.74 Å². The van der Waals surface area contributed by atoms with Gasteiger partial charge in [-0.3, -0.25) is 4.79 Å². The molecular formula is C20H26F3NO5S. The number of hydrogen-bond acceptors (Lipinski definition) is 5. The minimum atomic E-state index is -3.95. The van der Waals surface area contributed by atoms with Gasteiger partial charge in [0.05, 0.1) is 24.5 Å². The van der Waals surface area contributed by atoms with E-state index in [0.29, 0.717) is 18.4 Å². The second kappa shape index (κ2) is 9.13. The molecule has 0 saturated heterocycles. The molecule has 0 aliphatic heterocycles. The van der Waals surface area contributed by atoms with Crippen LogP contribution in [-0.2, 0) is 14.8 Å². The van der Waals surface area contributed by atoms with Crippen LogP contribution in [0.15, 0.2) is 12.1 Å². The second-order valence-corrected chi connectivity index (χ2v) is 9.84. The van der Waals surface area contributed by atoms with Gasteiger partial charge in [-0.15, -0.1) is 0 Å². The van der Waals surface area contributed by atoms with E-state index in [-0.39, 0.29) is 49.2 Å². The molecule has 0 unspecified atom stereocenters. The summed E-state index contributed by atoms with van der Waals surface area (Å²) in [7, 11) is -2.62. The van der Waals surface area contributed by atoms with Crippen molar-refractivity contribution < 1.29 is 35.9 Å². The maximum absolute atomic E-state index is 14.6. The Hall–Kier alpha value is -1.81. The van der Waals surface area contributed by atoms with Crippen molar-refractivity contribution in [3.63, 3.8) is 0 Å². The van der Waals surface area contributed by atoms with Gasteiger partial charge in [0.25, 0.3) is 5.91 Å². The van der Waals surface area contributed by atoms with Crippen LogP contribution in [0.25, 0.3) is 0 Å². The van der Waals surface area contributed by atoms with Gasteiger partial charge in [0.15, 0.2) is 0 Å².